The molecule has 1 aliphatic heterocycles. The minimum absolute atomic E-state index is 0.0671. The number of likely N-dealkylation sites (N-methyl/N-ethyl adjacent to an activating group) is 1. The van der Waals surface area contributed by atoms with Crippen LogP contribution in [0.3, 0.4) is 0 Å². The second-order valence-corrected chi connectivity index (χ2v) is 8.48. The van der Waals surface area contributed by atoms with E-state index < -0.39 is 0 Å². The highest BCUT2D eigenvalue weighted by atomic mass is 16.5. The highest BCUT2D eigenvalue weighted by Gasteiger charge is 2.33. The van der Waals surface area contributed by atoms with Crippen LogP contribution in [0.4, 0.5) is 0 Å². The summed E-state index contributed by atoms with van der Waals surface area (Å²) in [5.74, 6) is 0.559. The van der Waals surface area contributed by atoms with Gasteiger partial charge in [-0.1, -0.05) is 59.8 Å². The summed E-state index contributed by atoms with van der Waals surface area (Å²) < 4.78 is 5.44. The van der Waals surface area contributed by atoms with Crippen LogP contribution < -0.4 is 0 Å². The number of carbonyl (C=O) groups is 1. The van der Waals surface area contributed by atoms with E-state index in [9.17, 15) is 4.79 Å². The standard InChI is InChI=1S/C25H27N3O2/c1-27(25(29)23-16-24(30-26-23)18-8-3-2-4-9-18)21-12-7-13-28(17-21)22-14-19-10-5-6-11-20(19)15-22/h2-6,8-11,16,21-22H,7,12-15,17H2,1H3/t21-/m1/s1. The Morgan fingerprint density at radius 2 is 1.77 bits per heavy atom. The molecular formula is C25H27N3O2. The molecule has 0 spiro atoms. The molecule has 30 heavy (non-hydrogen) atoms. The van der Waals surface area contributed by atoms with Gasteiger partial charge in [0.15, 0.2) is 11.5 Å². The number of hydrogen-bond acceptors (Lipinski definition) is 4. The average molecular weight is 402 g/mol. The van der Waals surface area contributed by atoms with Crippen LogP contribution in [0.1, 0.15) is 34.5 Å². The minimum atomic E-state index is -0.0671. The fourth-order valence-electron chi connectivity index (χ4n) is 4.89. The SMILES string of the molecule is CN(C(=O)c1cc(-c2ccccc2)on1)[C@@H]1CCCN(C2Cc3ccccc3C2)C1. The summed E-state index contributed by atoms with van der Waals surface area (Å²) in [6.07, 6.45) is 4.37. The van der Waals surface area contributed by atoms with Gasteiger partial charge in [-0.3, -0.25) is 9.69 Å². The second-order valence-electron chi connectivity index (χ2n) is 8.48. The van der Waals surface area contributed by atoms with Crippen LogP contribution in [0.5, 0.6) is 0 Å². The van der Waals surface area contributed by atoms with Gasteiger partial charge in [-0.25, -0.2) is 0 Å². The molecule has 2 aromatic carbocycles. The van der Waals surface area contributed by atoms with Crippen molar-refractivity contribution in [2.75, 3.05) is 20.1 Å². The van der Waals surface area contributed by atoms with Gasteiger partial charge in [0.1, 0.15) is 0 Å². The Balaban J connectivity index is 1.25. The third kappa shape index (κ3) is 3.65. The zero-order valence-corrected chi connectivity index (χ0v) is 17.3. The molecule has 1 saturated heterocycles. The predicted molar refractivity (Wildman–Crippen MR) is 116 cm³/mol. The molecule has 154 valence electrons. The van der Waals surface area contributed by atoms with Gasteiger partial charge in [0, 0.05) is 37.3 Å². The number of carbonyl (C=O) groups excluding carboxylic acids is 1. The van der Waals surface area contributed by atoms with E-state index in [2.05, 4.69) is 34.3 Å². The quantitative estimate of drug-likeness (QED) is 0.662. The number of fused-ring (bicyclic) bond motifs is 1. The number of amides is 1. The van der Waals surface area contributed by atoms with Crippen molar-refractivity contribution in [1.29, 1.82) is 0 Å². The summed E-state index contributed by atoms with van der Waals surface area (Å²) in [5, 5.41) is 4.05. The van der Waals surface area contributed by atoms with E-state index in [-0.39, 0.29) is 11.9 Å². The molecule has 5 nitrogen and oxygen atoms in total. The zero-order chi connectivity index (χ0) is 20.5. The van der Waals surface area contributed by atoms with Crippen molar-refractivity contribution in [2.24, 2.45) is 0 Å². The Bertz CT molecular complexity index is 1000. The summed E-state index contributed by atoms with van der Waals surface area (Å²) in [6.45, 7) is 2.03. The Kier molecular flexibility index (Phi) is 5.13. The summed E-state index contributed by atoms with van der Waals surface area (Å²) in [7, 11) is 1.90. The topological polar surface area (TPSA) is 49.6 Å². The number of benzene rings is 2. The Morgan fingerprint density at radius 3 is 2.50 bits per heavy atom. The van der Waals surface area contributed by atoms with Crippen molar-refractivity contribution in [3.8, 4) is 11.3 Å². The van der Waals surface area contributed by atoms with Crippen molar-refractivity contribution in [1.82, 2.24) is 15.0 Å². The first-order valence-corrected chi connectivity index (χ1v) is 10.8. The number of aromatic nitrogens is 1. The van der Waals surface area contributed by atoms with Crippen LogP contribution in [0.15, 0.2) is 65.2 Å². The van der Waals surface area contributed by atoms with Crippen LogP contribution in [-0.4, -0.2) is 53.1 Å². The molecule has 1 amide bonds. The largest absolute Gasteiger partial charge is 0.355 e. The van der Waals surface area contributed by atoms with Crippen molar-refractivity contribution in [2.45, 2.75) is 37.8 Å². The van der Waals surface area contributed by atoms with Gasteiger partial charge in [-0.05, 0) is 43.4 Å². The number of hydrogen-bond donors (Lipinski definition) is 0. The summed E-state index contributed by atoms with van der Waals surface area (Å²) in [4.78, 5) is 17.5. The highest BCUT2D eigenvalue weighted by Crippen LogP contribution is 2.29. The molecule has 1 fully saturated rings. The fraction of sp³-hybridized carbons (Fsp3) is 0.360. The van der Waals surface area contributed by atoms with Gasteiger partial charge in [0.2, 0.25) is 0 Å². The van der Waals surface area contributed by atoms with Crippen LogP contribution in [0, 0.1) is 0 Å². The Hall–Kier alpha value is -2.92. The monoisotopic (exact) mass is 401 g/mol. The van der Waals surface area contributed by atoms with Gasteiger partial charge in [0.05, 0.1) is 0 Å². The molecule has 0 N–H and O–H groups in total. The van der Waals surface area contributed by atoms with Gasteiger partial charge < -0.3 is 9.42 Å². The van der Waals surface area contributed by atoms with E-state index in [0.29, 0.717) is 17.5 Å². The minimum Gasteiger partial charge on any atom is -0.355 e. The van der Waals surface area contributed by atoms with Gasteiger partial charge in [0.25, 0.3) is 5.91 Å². The normalized spacial score (nSPS) is 19.6. The van der Waals surface area contributed by atoms with Crippen LogP contribution in [0.25, 0.3) is 11.3 Å². The maximum Gasteiger partial charge on any atom is 0.276 e. The Morgan fingerprint density at radius 1 is 1.07 bits per heavy atom. The van der Waals surface area contributed by atoms with Crippen LogP contribution in [-0.2, 0) is 12.8 Å². The molecule has 2 aliphatic rings. The van der Waals surface area contributed by atoms with Crippen LogP contribution >= 0.6 is 0 Å². The zero-order valence-electron chi connectivity index (χ0n) is 17.3. The lowest BCUT2D eigenvalue weighted by atomic mass is 10.0. The van der Waals surface area contributed by atoms with Crippen molar-refractivity contribution in [3.05, 3.63) is 77.5 Å². The van der Waals surface area contributed by atoms with E-state index in [4.69, 9.17) is 4.52 Å². The van der Waals surface area contributed by atoms with Gasteiger partial charge in [-0.15, -0.1) is 0 Å². The van der Waals surface area contributed by atoms with E-state index >= 15 is 0 Å². The third-order valence-corrected chi connectivity index (χ3v) is 6.63. The fourth-order valence-corrected chi connectivity index (χ4v) is 4.89. The summed E-state index contributed by atoms with van der Waals surface area (Å²) in [5.41, 5.74) is 4.26. The van der Waals surface area contributed by atoms with Gasteiger partial charge in [-0.2, -0.15) is 0 Å². The third-order valence-electron chi connectivity index (χ3n) is 6.63. The molecular weight excluding hydrogens is 374 g/mol. The van der Waals surface area contributed by atoms with Gasteiger partial charge >= 0.3 is 0 Å². The van der Waals surface area contributed by atoms with Crippen molar-refractivity contribution >= 4 is 5.91 Å². The maximum absolute atomic E-state index is 13.1. The van der Waals surface area contributed by atoms with Crippen molar-refractivity contribution < 1.29 is 9.32 Å². The first-order valence-electron chi connectivity index (χ1n) is 10.8. The smallest absolute Gasteiger partial charge is 0.276 e. The van der Waals surface area contributed by atoms with Crippen molar-refractivity contribution in [3.63, 3.8) is 0 Å². The molecule has 0 saturated carbocycles. The lowest BCUT2D eigenvalue weighted by Crippen LogP contribution is -2.51. The number of piperidine rings is 1. The molecule has 0 unspecified atom stereocenters. The summed E-state index contributed by atoms with van der Waals surface area (Å²) >= 11 is 0. The molecule has 3 aromatic rings. The molecule has 5 rings (SSSR count). The lowest BCUT2D eigenvalue weighted by Gasteiger charge is -2.40. The summed E-state index contributed by atoms with van der Waals surface area (Å²) in [6, 6.07) is 21.0. The number of nitrogens with zero attached hydrogens (tertiary/aromatic N) is 3. The average Bonchev–Trinajstić information content (AvgIpc) is 3.46. The van der Waals surface area contributed by atoms with E-state index in [1.54, 1.807) is 6.07 Å². The predicted octanol–water partition coefficient (Wildman–Crippen LogP) is 4.05. The lowest BCUT2D eigenvalue weighted by molar-refractivity contribution is 0.0546. The molecule has 0 bridgehead atoms. The highest BCUT2D eigenvalue weighted by molar-refractivity contribution is 5.93. The Labute approximate surface area is 177 Å². The van der Waals surface area contributed by atoms with E-state index in [1.807, 2.05) is 42.3 Å². The maximum atomic E-state index is 13.1. The second kappa shape index (κ2) is 8.07. The first kappa shape index (κ1) is 19.1. The molecule has 1 aromatic heterocycles. The van der Waals surface area contributed by atoms with Crippen LogP contribution in [0.2, 0.25) is 0 Å². The number of likely N-dealkylation sites (tertiary alicyclic amines) is 1. The molecule has 2 heterocycles. The number of rotatable bonds is 4. The first-order chi connectivity index (χ1) is 14.7. The van der Waals surface area contributed by atoms with E-state index in [1.165, 1.54) is 11.1 Å². The molecule has 5 heteroatoms. The van der Waals surface area contributed by atoms with E-state index in [0.717, 1.165) is 44.3 Å². The molecule has 1 atom stereocenters. The molecule has 1 aliphatic carbocycles. The molecule has 0 radical (unpaired) electrons.